The predicted octanol–water partition coefficient (Wildman–Crippen LogP) is 2.51. The van der Waals surface area contributed by atoms with Crippen LogP contribution in [0.4, 0.5) is 0 Å². The zero-order chi connectivity index (χ0) is 9.61. The maximum atomic E-state index is 10.0. The first kappa shape index (κ1) is 11.4. The summed E-state index contributed by atoms with van der Waals surface area (Å²) in [6.45, 7) is 9.68. The molecule has 0 bridgehead atoms. The van der Waals surface area contributed by atoms with E-state index in [1.54, 1.807) is 0 Å². The Morgan fingerprint density at radius 3 is 2.50 bits per heavy atom. The molecule has 12 heavy (non-hydrogen) atoms. The van der Waals surface area contributed by atoms with Crippen LogP contribution in [0.15, 0.2) is 16.1 Å². The number of aldehydes is 1. The Kier molecular flexibility index (Phi) is 4.90. The first-order valence-corrected chi connectivity index (χ1v) is 4.80. The Morgan fingerprint density at radius 2 is 2.17 bits per heavy atom. The Labute approximate surface area is 78.1 Å². The van der Waals surface area contributed by atoms with Crippen LogP contribution in [-0.4, -0.2) is 18.8 Å². The van der Waals surface area contributed by atoms with Crippen molar-refractivity contribution in [2.24, 2.45) is 10.4 Å². The summed E-state index contributed by atoms with van der Waals surface area (Å²) in [6, 6.07) is 0. The summed E-state index contributed by atoms with van der Waals surface area (Å²) in [7, 11) is 0. The van der Waals surface area contributed by atoms with E-state index < -0.39 is 0 Å². The molecular weight excluding hydrogens is 170 g/mol. The van der Waals surface area contributed by atoms with Crippen LogP contribution in [0.3, 0.4) is 0 Å². The smallest absolute Gasteiger partial charge is 0.130 e. The molecule has 0 rings (SSSR count). The molecule has 0 aliphatic rings. The van der Waals surface area contributed by atoms with Crippen LogP contribution >= 0.6 is 11.8 Å². The summed E-state index contributed by atoms with van der Waals surface area (Å²) in [5.41, 5.74) is 0.937. The number of hydrogen-bond donors (Lipinski definition) is 0. The molecule has 2 nitrogen and oxygen atoms in total. The van der Waals surface area contributed by atoms with Crippen molar-refractivity contribution >= 4 is 24.8 Å². The molecule has 0 unspecified atom stereocenters. The van der Waals surface area contributed by atoms with Gasteiger partial charge in [-0.3, -0.25) is 4.99 Å². The van der Waals surface area contributed by atoms with Gasteiger partial charge in [-0.05, 0) is 12.1 Å². The van der Waals surface area contributed by atoms with E-state index in [0.29, 0.717) is 5.75 Å². The molecule has 0 aliphatic heterocycles. The fourth-order valence-corrected chi connectivity index (χ4v) is 1.38. The predicted molar refractivity (Wildman–Crippen MR) is 55.6 cm³/mol. The molecule has 0 amide bonds. The molecule has 0 N–H and O–H groups in total. The highest BCUT2D eigenvalue weighted by Gasteiger charge is 2.14. The number of thioether (sulfide) groups is 1. The standard InChI is InChI=1S/C9H15NOS/c1-9(2,3)8(10-4)7-12-6-5-11/h5,7H,4,6H2,1-3H3/b8-7-. The number of allylic oxidation sites excluding steroid dienone is 1. The highest BCUT2D eigenvalue weighted by molar-refractivity contribution is 8.02. The minimum atomic E-state index is 0.0115. The highest BCUT2D eigenvalue weighted by Crippen LogP contribution is 2.27. The van der Waals surface area contributed by atoms with Gasteiger partial charge in [-0.2, -0.15) is 0 Å². The first-order valence-electron chi connectivity index (χ1n) is 3.75. The van der Waals surface area contributed by atoms with Gasteiger partial charge in [-0.15, -0.1) is 11.8 Å². The first-order chi connectivity index (χ1) is 5.52. The van der Waals surface area contributed by atoms with Crippen LogP contribution in [0, 0.1) is 5.41 Å². The van der Waals surface area contributed by atoms with Crippen molar-refractivity contribution < 1.29 is 4.79 Å². The SMILES string of the molecule is C=N/C(=C\SCC=O)C(C)(C)C. The fourth-order valence-electron chi connectivity index (χ4n) is 0.618. The molecule has 0 atom stereocenters. The van der Waals surface area contributed by atoms with Crippen LogP contribution in [0.25, 0.3) is 0 Å². The van der Waals surface area contributed by atoms with E-state index in [-0.39, 0.29) is 5.41 Å². The van der Waals surface area contributed by atoms with Gasteiger partial charge in [0.1, 0.15) is 6.29 Å². The third-order valence-corrected chi connectivity index (χ3v) is 2.02. The zero-order valence-corrected chi connectivity index (χ0v) is 8.65. The second-order valence-electron chi connectivity index (χ2n) is 3.41. The molecular formula is C9H15NOS. The Bertz CT molecular complexity index is 191. The Morgan fingerprint density at radius 1 is 1.58 bits per heavy atom. The van der Waals surface area contributed by atoms with E-state index >= 15 is 0 Å². The van der Waals surface area contributed by atoms with Crippen molar-refractivity contribution in [1.82, 2.24) is 0 Å². The maximum Gasteiger partial charge on any atom is 0.130 e. The minimum absolute atomic E-state index is 0.0115. The van der Waals surface area contributed by atoms with Crippen LogP contribution < -0.4 is 0 Å². The van der Waals surface area contributed by atoms with E-state index in [1.165, 1.54) is 11.8 Å². The molecule has 0 aromatic rings. The molecule has 0 saturated heterocycles. The molecule has 3 heteroatoms. The van der Waals surface area contributed by atoms with Crippen LogP contribution in [0.2, 0.25) is 0 Å². The van der Waals surface area contributed by atoms with E-state index in [9.17, 15) is 4.79 Å². The lowest BCUT2D eigenvalue weighted by Gasteiger charge is -2.18. The van der Waals surface area contributed by atoms with Crippen molar-refractivity contribution in [2.75, 3.05) is 5.75 Å². The second-order valence-corrected chi connectivity index (χ2v) is 4.31. The lowest BCUT2D eigenvalue weighted by atomic mass is 9.93. The van der Waals surface area contributed by atoms with Crippen molar-refractivity contribution in [2.45, 2.75) is 20.8 Å². The van der Waals surface area contributed by atoms with Crippen LogP contribution in [0.5, 0.6) is 0 Å². The zero-order valence-electron chi connectivity index (χ0n) is 7.83. The molecule has 0 aromatic heterocycles. The monoisotopic (exact) mass is 185 g/mol. The van der Waals surface area contributed by atoms with Crippen molar-refractivity contribution in [1.29, 1.82) is 0 Å². The summed E-state index contributed by atoms with van der Waals surface area (Å²) in [6.07, 6.45) is 0.879. The largest absolute Gasteiger partial charge is 0.302 e. The van der Waals surface area contributed by atoms with Gasteiger partial charge in [0.05, 0.1) is 11.4 Å². The van der Waals surface area contributed by atoms with Crippen molar-refractivity contribution in [3.05, 3.63) is 11.1 Å². The van der Waals surface area contributed by atoms with Gasteiger partial charge in [0.25, 0.3) is 0 Å². The third-order valence-electron chi connectivity index (χ3n) is 1.30. The highest BCUT2D eigenvalue weighted by atomic mass is 32.2. The van der Waals surface area contributed by atoms with Crippen LogP contribution in [0.1, 0.15) is 20.8 Å². The van der Waals surface area contributed by atoms with E-state index in [0.717, 1.165) is 12.0 Å². The van der Waals surface area contributed by atoms with Gasteiger partial charge in [0.15, 0.2) is 0 Å². The van der Waals surface area contributed by atoms with Gasteiger partial charge < -0.3 is 4.79 Å². The summed E-state index contributed by atoms with van der Waals surface area (Å²) < 4.78 is 0. The molecule has 0 heterocycles. The van der Waals surface area contributed by atoms with Gasteiger partial charge in [-0.1, -0.05) is 20.8 Å². The topological polar surface area (TPSA) is 29.4 Å². The fraction of sp³-hybridized carbons (Fsp3) is 0.556. The molecule has 0 fully saturated rings. The summed E-state index contributed by atoms with van der Waals surface area (Å²) in [5.74, 6) is 0.481. The van der Waals surface area contributed by atoms with E-state index in [2.05, 4.69) is 32.5 Å². The number of rotatable bonds is 4. The van der Waals surface area contributed by atoms with Crippen LogP contribution in [-0.2, 0) is 4.79 Å². The average molecular weight is 185 g/mol. The molecule has 68 valence electrons. The average Bonchev–Trinajstić information content (AvgIpc) is 1.95. The molecule has 0 spiro atoms. The third kappa shape index (κ3) is 4.34. The summed E-state index contributed by atoms with van der Waals surface area (Å²) >= 11 is 1.45. The number of carbonyl (C=O) groups excluding carboxylic acids is 1. The van der Waals surface area contributed by atoms with Gasteiger partial charge in [-0.25, -0.2) is 0 Å². The normalized spacial score (nSPS) is 12.8. The minimum Gasteiger partial charge on any atom is -0.302 e. The Balaban J connectivity index is 4.23. The summed E-state index contributed by atoms with van der Waals surface area (Å²) in [5, 5.41) is 1.89. The van der Waals surface area contributed by atoms with Gasteiger partial charge in [0, 0.05) is 5.41 Å². The summed E-state index contributed by atoms with van der Waals surface area (Å²) in [4.78, 5) is 13.9. The molecule has 0 radical (unpaired) electrons. The molecule has 0 aromatic carbocycles. The lowest BCUT2D eigenvalue weighted by Crippen LogP contribution is -2.06. The number of hydrogen-bond acceptors (Lipinski definition) is 3. The molecule has 0 saturated carbocycles. The lowest BCUT2D eigenvalue weighted by molar-refractivity contribution is -0.105. The number of carbonyl (C=O) groups is 1. The second kappa shape index (κ2) is 5.14. The van der Waals surface area contributed by atoms with E-state index in [1.807, 2.05) is 5.41 Å². The van der Waals surface area contributed by atoms with Crippen molar-refractivity contribution in [3.8, 4) is 0 Å². The van der Waals surface area contributed by atoms with E-state index in [4.69, 9.17) is 0 Å². The molecule has 0 aliphatic carbocycles. The number of nitrogens with zero attached hydrogens (tertiary/aromatic N) is 1. The van der Waals surface area contributed by atoms with Gasteiger partial charge in [0.2, 0.25) is 0 Å². The van der Waals surface area contributed by atoms with Crippen molar-refractivity contribution in [3.63, 3.8) is 0 Å². The Hall–Kier alpha value is -0.570. The maximum absolute atomic E-state index is 10.0. The number of aliphatic imine (C=N–C) groups is 1. The quantitative estimate of drug-likeness (QED) is 0.382. The van der Waals surface area contributed by atoms with Gasteiger partial charge >= 0.3 is 0 Å².